The smallest absolute Gasteiger partial charge is 0.321 e. The summed E-state index contributed by atoms with van der Waals surface area (Å²) in [5.41, 5.74) is 2.58. The van der Waals surface area contributed by atoms with Crippen molar-refractivity contribution in [2.75, 3.05) is 0 Å². The van der Waals surface area contributed by atoms with Crippen molar-refractivity contribution in [1.82, 2.24) is 25.1 Å². The molecule has 3 aromatic heterocycles. The Kier molecular flexibility index (Phi) is 3.23. The van der Waals surface area contributed by atoms with Gasteiger partial charge in [-0.15, -0.1) is 0 Å². The minimum atomic E-state index is -0.848. The van der Waals surface area contributed by atoms with Crippen molar-refractivity contribution >= 4 is 5.97 Å². The Morgan fingerprint density at radius 1 is 1.43 bits per heavy atom. The van der Waals surface area contributed by atoms with Gasteiger partial charge in [-0.2, -0.15) is 5.10 Å². The Morgan fingerprint density at radius 2 is 2.35 bits per heavy atom. The van der Waals surface area contributed by atoms with Crippen molar-refractivity contribution in [3.05, 3.63) is 47.9 Å². The maximum atomic E-state index is 11.6. The third kappa shape index (κ3) is 2.53. The second-order valence-electron chi connectivity index (χ2n) is 5.53. The van der Waals surface area contributed by atoms with Crippen LogP contribution in [-0.2, 0) is 24.3 Å². The molecule has 0 bridgehead atoms. The number of carboxylic acid groups (broad SMARTS) is 1. The monoisotopic (exact) mass is 313 g/mol. The van der Waals surface area contributed by atoms with Crippen LogP contribution in [0.2, 0.25) is 0 Å². The van der Waals surface area contributed by atoms with Gasteiger partial charge in [-0.05, 0) is 18.2 Å². The zero-order chi connectivity index (χ0) is 15.8. The number of fused-ring (bicyclic) bond motifs is 1. The van der Waals surface area contributed by atoms with E-state index in [9.17, 15) is 9.90 Å². The molecule has 3 aromatic rings. The van der Waals surface area contributed by atoms with E-state index in [1.807, 2.05) is 23.1 Å². The normalized spacial score (nSPS) is 18.0. The van der Waals surface area contributed by atoms with E-state index >= 15 is 0 Å². The van der Waals surface area contributed by atoms with E-state index in [1.54, 1.807) is 12.5 Å². The van der Waals surface area contributed by atoms with Gasteiger partial charge < -0.3 is 14.5 Å². The number of imidazole rings is 1. The van der Waals surface area contributed by atoms with E-state index < -0.39 is 12.0 Å². The van der Waals surface area contributed by atoms with Crippen molar-refractivity contribution < 1.29 is 14.3 Å². The molecule has 0 radical (unpaired) electrons. The van der Waals surface area contributed by atoms with E-state index in [2.05, 4.69) is 20.2 Å². The number of aliphatic carboxylic acids is 1. The van der Waals surface area contributed by atoms with Gasteiger partial charge in [0.25, 0.3) is 0 Å². The fraction of sp³-hybridized carbons (Fsp3) is 0.267. The fourth-order valence-corrected chi connectivity index (χ4v) is 2.90. The van der Waals surface area contributed by atoms with Gasteiger partial charge in [0.1, 0.15) is 17.5 Å². The molecule has 1 atom stereocenters. The summed E-state index contributed by atoms with van der Waals surface area (Å²) < 4.78 is 5.80. The van der Waals surface area contributed by atoms with Gasteiger partial charge in [0.2, 0.25) is 0 Å². The van der Waals surface area contributed by atoms with E-state index in [1.165, 1.54) is 0 Å². The summed E-state index contributed by atoms with van der Waals surface area (Å²) in [6.07, 6.45) is 3.65. The molecule has 8 heteroatoms. The lowest BCUT2D eigenvalue weighted by atomic mass is 10.0. The van der Waals surface area contributed by atoms with Crippen LogP contribution in [0.15, 0.2) is 35.1 Å². The van der Waals surface area contributed by atoms with Crippen LogP contribution in [0.25, 0.3) is 11.5 Å². The maximum Gasteiger partial charge on any atom is 0.321 e. The van der Waals surface area contributed by atoms with Gasteiger partial charge in [-0.3, -0.25) is 14.8 Å². The Morgan fingerprint density at radius 3 is 3.13 bits per heavy atom. The minimum Gasteiger partial charge on any atom is -0.480 e. The molecule has 0 aromatic carbocycles. The van der Waals surface area contributed by atoms with Crippen molar-refractivity contribution in [1.29, 1.82) is 0 Å². The zero-order valence-electron chi connectivity index (χ0n) is 12.2. The van der Waals surface area contributed by atoms with Gasteiger partial charge in [0.05, 0.1) is 24.3 Å². The molecule has 3 N–H and O–H groups in total. The van der Waals surface area contributed by atoms with E-state index in [0.29, 0.717) is 31.0 Å². The highest BCUT2D eigenvalue weighted by Gasteiger charge is 2.33. The van der Waals surface area contributed by atoms with E-state index in [0.717, 1.165) is 17.1 Å². The van der Waals surface area contributed by atoms with Gasteiger partial charge in [-0.1, -0.05) is 0 Å². The second kappa shape index (κ2) is 5.40. The first-order valence-corrected chi connectivity index (χ1v) is 7.27. The van der Waals surface area contributed by atoms with Gasteiger partial charge >= 0.3 is 5.97 Å². The van der Waals surface area contributed by atoms with Crippen molar-refractivity contribution in [3.8, 4) is 11.5 Å². The molecular weight excluding hydrogens is 298 g/mol. The average Bonchev–Trinajstić information content (AvgIpc) is 3.27. The molecule has 0 spiro atoms. The lowest BCUT2D eigenvalue weighted by Crippen LogP contribution is -2.45. The van der Waals surface area contributed by atoms with Crippen LogP contribution in [-0.4, -0.2) is 42.2 Å². The zero-order valence-corrected chi connectivity index (χ0v) is 12.2. The summed E-state index contributed by atoms with van der Waals surface area (Å²) in [5, 5.41) is 16.2. The van der Waals surface area contributed by atoms with Crippen LogP contribution in [0.5, 0.6) is 0 Å². The molecule has 1 unspecified atom stereocenters. The molecule has 23 heavy (non-hydrogen) atoms. The first-order valence-electron chi connectivity index (χ1n) is 7.27. The number of aromatic amines is 2. The summed E-state index contributed by atoms with van der Waals surface area (Å²) >= 11 is 0. The predicted molar refractivity (Wildman–Crippen MR) is 79.3 cm³/mol. The summed E-state index contributed by atoms with van der Waals surface area (Å²) in [4.78, 5) is 20.7. The Balaban J connectivity index is 1.56. The topological polar surface area (TPSA) is 111 Å². The highest BCUT2D eigenvalue weighted by atomic mass is 16.4. The first-order chi connectivity index (χ1) is 11.2. The van der Waals surface area contributed by atoms with Gasteiger partial charge in [-0.25, -0.2) is 4.98 Å². The summed E-state index contributed by atoms with van der Waals surface area (Å²) in [6.45, 7) is 0.927. The number of furan rings is 1. The highest BCUT2D eigenvalue weighted by Crippen LogP contribution is 2.25. The third-order valence-corrected chi connectivity index (χ3v) is 4.07. The number of carboxylic acids is 1. The molecule has 1 aliphatic heterocycles. The van der Waals surface area contributed by atoms with E-state index in [4.69, 9.17) is 4.42 Å². The predicted octanol–water partition coefficient (Wildman–Crippen LogP) is 1.40. The van der Waals surface area contributed by atoms with Crippen molar-refractivity contribution in [3.63, 3.8) is 0 Å². The number of rotatable bonds is 4. The van der Waals surface area contributed by atoms with Crippen LogP contribution >= 0.6 is 0 Å². The van der Waals surface area contributed by atoms with Crippen LogP contribution in [0.4, 0.5) is 0 Å². The molecular formula is C15H15N5O3. The average molecular weight is 313 g/mol. The number of hydrogen-bond acceptors (Lipinski definition) is 5. The molecule has 0 saturated heterocycles. The molecule has 4 rings (SSSR count). The molecule has 0 saturated carbocycles. The van der Waals surface area contributed by atoms with E-state index in [-0.39, 0.29) is 0 Å². The number of aromatic nitrogens is 4. The highest BCUT2D eigenvalue weighted by molar-refractivity contribution is 5.74. The molecule has 8 nitrogen and oxygen atoms in total. The largest absolute Gasteiger partial charge is 0.480 e. The fourth-order valence-electron chi connectivity index (χ4n) is 2.90. The molecule has 0 amide bonds. The van der Waals surface area contributed by atoms with Crippen molar-refractivity contribution in [2.45, 2.75) is 25.6 Å². The number of nitrogens with zero attached hydrogens (tertiary/aromatic N) is 3. The standard InChI is InChI=1S/C15H15N5O3/c21-15(22)13-5-11-12(17-8-16-11)7-20(13)6-9-1-2-14(23-9)10-3-4-18-19-10/h1-4,8,13H,5-7H2,(H,16,17)(H,18,19)(H,21,22). The van der Waals surface area contributed by atoms with Crippen LogP contribution in [0.3, 0.4) is 0 Å². The van der Waals surface area contributed by atoms with Gasteiger partial charge in [0, 0.05) is 19.2 Å². The SMILES string of the molecule is O=C(O)C1Cc2nc[nH]c2CN1Cc1ccc(-c2ccn[nH]2)o1. The van der Waals surface area contributed by atoms with Crippen molar-refractivity contribution in [2.24, 2.45) is 0 Å². The third-order valence-electron chi connectivity index (χ3n) is 4.07. The first kappa shape index (κ1) is 13.8. The quantitative estimate of drug-likeness (QED) is 0.671. The lowest BCUT2D eigenvalue weighted by Gasteiger charge is -2.31. The Hall–Kier alpha value is -2.87. The lowest BCUT2D eigenvalue weighted by molar-refractivity contribution is -0.144. The Bertz CT molecular complexity index is 820. The van der Waals surface area contributed by atoms with Crippen LogP contribution in [0, 0.1) is 0 Å². The van der Waals surface area contributed by atoms with Crippen LogP contribution < -0.4 is 0 Å². The maximum absolute atomic E-state index is 11.6. The number of nitrogens with one attached hydrogen (secondary N) is 2. The second-order valence-corrected chi connectivity index (χ2v) is 5.53. The van der Waals surface area contributed by atoms with Gasteiger partial charge in [0.15, 0.2) is 5.76 Å². The summed E-state index contributed by atoms with van der Waals surface area (Å²) in [6, 6.07) is 4.92. The minimum absolute atomic E-state index is 0.391. The molecule has 1 aliphatic rings. The number of H-pyrrole nitrogens is 2. The van der Waals surface area contributed by atoms with Crippen LogP contribution in [0.1, 0.15) is 17.1 Å². The number of carbonyl (C=O) groups is 1. The number of hydrogen-bond donors (Lipinski definition) is 3. The summed E-state index contributed by atoms with van der Waals surface area (Å²) in [7, 11) is 0. The summed E-state index contributed by atoms with van der Waals surface area (Å²) in [5.74, 6) is 0.548. The molecule has 0 fully saturated rings. The Labute approximate surface area is 131 Å². The molecule has 4 heterocycles. The molecule has 0 aliphatic carbocycles. The molecule has 118 valence electrons.